The lowest BCUT2D eigenvalue weighted by atomic mass is 10.0. The van der Waals surface area contributed by atoms with Crippen molar-refractivity contribution in [3.8, 4) is 10.4 Å². The molecule has 35 heavy (non-hydrogen) atoms. The van der Waals surface area contributed by atoms with Crippen LogP contribution in [0.15, 0.2) is 53.9 Å². The third kappa shape index (κ3) is 8.22. The first-order valence-corrected chi connectivity index (χ1v) is 12.3. The molecule has 8 nitrogen and oxygen atoms in total. The summed E-state index contributed by atoms with van der Waals surface area (Å²) in [6, 6.07) is 9.14. The van der Waals surface area contributed by atoms with Gasteiger partial charge in [-0.2, -0.15) is 0 Å². The van der Waals surface area contributed by atoms with Crippen LogP contribution in [0, 0.1) is 0 Å². The van der Waals surface area contributed by atoms with Crippen molar-refractivity contribution in [2.24, 2.45) is 5.73 Å². The van der Waals surface area contributed by atoms with E-state index >= 15 is 0 Å². The summed E-state index contributed by atoms with van der Waals surface area (Å²) in [6.07, 6.45) is 8.99. The van der Waals surface area contributed by atoms with Gasteiger partial charge in [0, 0.05) is 17.7 Å². The number of carbonyl (C=O) groups is 4. The van der Waals surface area contributed by atoms with Crippen LogP contribution in [0.3, 0.4) is 0 Å². The molecule has 0 aliphatic heterocycles. The number of hydrogen-bond acceptors (Lipinski definition) is 5. The van der Waals surface area contributed by atoms with Crippen LogP contribution >= 0.6 is 11.3 Å². The minimum Gasteiger partial charge on any atom is -0.481 e. The van der Waals surface area contributed by atoms with Gasteiger partial charge in [0.05, 0.1) is 6.54 Å². The summed E-state index contributed by atoms with van der Waals surface area (Å²) in [6.45, 7) is -0.384. The second kappa shape index (κ2) is 12.7. The molecule has 1 aliphatic rings. The second-order valence-electron chi connectivity index (χ2n) is 8.27. The summed E-state index contributed by atoms with van der Waals surface area (Å²) in [5, 5.41) is 15.9. The normalized spacial score (nSPS) is 13.5. The van der Waals surface area contributed by atoms with Gasteiger partial charge in [-0.25, -0.2) is 0 Å². The first-order chi connectivity index (χ1) is 16.8. The zero-order valence-electron chi connectivity index (χ0n) is 19.3. The van der Waals surface area contributed by atoms with Gasteiger partial charge in [-0.1, -0.05) is 42.5 Å². The van der Waals surface area contributed by atoms with E-state index in [2.05, 4.69) is 40.3 Å². The zero-order valence-corrected chi connectivity index (χ0v) is 20.1. The van der Waals surface area contributed by atoms with E-state index in [-0.39, 0.29) is 31.7 Å². The number of thiophene rings is 1. The minimum atomic E-state index is -1.09. The number of allylic oxidation sites excluding steroid dienone is 4. The van der Waals surface area contributed by atoms with Crippen molar-refractivity contribution in [2.45, 2.75) is 44.6 Å². The molecule has 1 aromatic heterocycles. The number of benzene rings is 1. The van der Waals surface area contributed by atoms with Gasteiger partial charge < -0.3 is 21.5 Å². The fourth-order valence-corrected chi connectivity index (χ4v) is 4.59. The number of nitrogens with one attached hydrogen (secondary N) is 2. The molecule has 2 aromatic rings. The van der Waals surface area contributed by atoms with Crippen molar-refractivity contribution in [3.63, 3.8) is 0 Å². The summed E-state index contributed by atoms with van der Waals surface area (Å²) in [4.78, 5) is 47.6. The third-order valence-electron chi connectivity index (χ3n) is 5.54. The molecule has 1 aliphatic carbocycles. The number of hydrogen-bond donors (Lipinski definition) is 4. The van der Waals surface area contributed by atoms with E-state index in [1.807, 2.05) is 24.3 Å². The molecule has 5 N–H and O–H groups in total. The Balaban J connectivity index is 1.54. The molecule has 184 valence electrons. The molecule has 0 bridgehead atoms. The molecule has 0 saturated heterocycles. The molecule has 1 aromatic carbocycles. The van der Waals surface area contributed by atoms with Gasteiger partial charge >= 0.3 is 5.97 Å². The summed E-state index contributed by atoms with van der Waals surface area (Å²) < 4.78 is 0. The first kappa shape index (κ1) is 25.9. The maximum Gasteiger partial charge on any atom is 0.303 e. The third-order valence-corrected chi connectivity index (χ3v) is 6.52. The molecule has 0 fully saturated rings. The van der Waals surface area contributed by atoms with E-state index in [0.717, 1.165) is 24.0 Å². The number of rotatable bonds is 12. The molecule has 3 rings (SSSR count). The summed E-state index contributed by atoms with van der Waals surface area (Å²) in [5.74, 6) is -2.84. The van der Waals surface area contributed by atoms with Gasteiger partial charge in [0.1, 0.15) is 6.04 Å². The summed E-state index contributed by atoms with van der Waals surface area (Å²) in [7, 11) is 0. The van der Waals surface area contributed by atoms with Crippen LogP contribution < -0.4 is 16.4 Å². The van der Waals surface area contributed by atoms with E-state index in [0.29, 0.717) is 6.42 Å². The van der Waals surface area contributed by atoms with Gasteiger partial charge in [0.15, 0.2) is 0 Å². The van der Waals surface area contributed by atoms with Crippen LogP contribution in [0.4, 0.5) is 0 Å². The zero-order chi connectivity index (χ0) is 25.2. The Morgan fingerprint density at radius 2 is 1.83 bits per heavy atom. The molecule has 1 atom stereocenters. The second-order valence-corrected chi connectivity index (χ2v) is 9.18. The fraction of sp³-hybridized carbons (Fsp3) is 0.308. The molecule has 0 saturated carbocycles. The highest BCUT2D eigenvalue weighted by Crippen LogP contribution is 2.32. The van der Waals surface area contributed by atoms with Crippen LogP contribution in [0.5, 0.6) is 0 Å². The molecular formula is C26H29N3O5S. The Bertz CT molecular complexity index is 1130. The van der Waals surface area contributed by atoms with Crippen molar-refractivity contribution >= 4 is 40.6 Å². The van der Waals surface area contributed by atoms with Crippen molar-refractivity contribution < 1.29 is 24.3 Å². The van der Waals surface area contributed by atoms with Crippen LogP contribution in [-0.4, -0.2) is 41.4 Å². The summed E-state index contributed by atoms with van der Waals surface area (Å²) in [5.41, 5.74) is 9.57. The molecule has 0 spiro atoms. The lowest BCUT2D eigenvalue weighted by Gasteiger charge is -2.17. The molecule has 9 heteroatoms. The highest BCUT2D eigenvalue weighted by Gasteiger charge is 2.22. The molecular weight excluding hydrogens is 466 g/mol. The Morgan fingerprint density at radius 1 is 1.06 bits per heavy atom. The fourth-order valence-electron chi connectivity index (χ4n) is 3.66. The lowest BCUT2D eigenvalue weighted by molar-refractivity contribution is -0.138. The highest BCUT2D eigenvalue weighted by atomic mass is 32.1. The highest BCUT2D eigenvalue weighted by molar-refractivity contribution is 7.13. The van der Waals surface area contributed by atoms with Crippen molar-refractivity contribution in [1.82, 2.24) is 10.6 Å². The number of amides is 3. The van der Waals surface area contributed by atoms with E-state index in [9.17, 15) is 19.2 Å². The Morgan fingerprint density at radius 3 is 2.49 bits per heavy atom. The van der Waals surface area contributed by atoms with Crippen LogP contribution in [0.25, 0.3) is 16.0 Å². The van der Waals surface area contributed by atoms with Gasteiger partial charge in [0.25, 0.3) is 0 Å². The van der Waals surface area contributed by atoms with Crippen molar-refractivity contribution in [3.05, 3.63) is 65.1 Å². The number of carbonyl (C=O) groups excluding carboxylic acids is 3. The number of carboxylic acid groups (broad SMARTS) is 1. The molecule has 0 radical (unpaired) electrons. The number of nitrogens with two attached hydrogens (primary N) is 1. The topological polar surface area (TPSA) is 139 Å². The molecule has 1 heterocycles. The average Bonchev–Trinajstić information content (AvgIpc) is 3.35. The quantitative estimate of drug-likeness (QED) is 0.358. The average molecular weight is 496 g/mol. The van der Waals surface area contributed by atoms with E-state index in [1.54, 1.807) is 11.3 Å². The number of primary amides is 1. The number of carboxylic acids is 1. The van der Waals surface area contributed by atoms with Gasteiger partial charge in [0.2, 0.25) is 17.7 Å². The predicted molar refractivity (Wildman–Crippen MR) is 135 cm³/mol. The van der Waals surface area contributed by atoms with E-state index in [4.69, 9.17) is 10.8 Å². The van der Waals surface area contributed by atoms with Crippen LogP contribution in [0.1, 0.15) is 43.2 Å². The van der Waals surface area contributed by atoms with Gasteiger partial charge in [-0.05, 0) is 59.4 Å². The Kier molecular flexibility index (Phi) is 9.37. The van der Waals surface area contributed by atoms with Crippen LogP contribution in [0.2, 0.25) is 0 Å². The SMILES string of the molecule is NC(=O)CNC(=O)[C@H](CCC(=O)O)NC(=O)CCc1ccc(-c2cc(C3=CCCC=C3)cs2)cc1. The summed E-state index contributed by atoms with van der Waals surface area (Å²) >= 11 is 1.69. The van der Waals surface area contributed by atoms with E-state index < -0.39 is 23.8 Å². The van der Waals surface area contributed by atoms with Crippen molar-refractivity contribution in [2.75, 3.05) is 6.54 Å². The van der Waals surface area contributed by atoms with Crippen LogP contribution in [-0.2, 0) is 25.6 Å². The predicted octanol–water partition coefficient (Wildman–Crippen LogP) is 3.03. The van der Waals surface area contributed by atoms with Crippen molar-refractivity contribution in [1.29, 1.82) is 0 Å². The largest absolute Gasteiger partial charge is 0.481 e. The monoisotopic (exact) mass is 495 g/mol. The number of aryl methyl sites for hydroxylation is 1. The number of aliphatic carboxylic acids is 1. The smallest absolute Gasteiger partial charge is 0.303 e. The van der Waals surface area contributed by atoms with Gasteiger partial charge in [-0.15, -0.1) is 11.3 Å². The molecule has 0 unspecified atom stereocenters. The van der Waals surface area contributed by atoms with Gasteiger partial charge in [-0.3, -0.25) is 19.2 Å². The van der Waals surface area contributed by atoms with E-state index in [1.165, 1.54) is 16.0 Å². The molecule has 3 amide bonds. The Labute approximate surface area is 207 Å². The maximum absolute atomic E-state index is 12.4. The Hall–Kier alpha value is -3.72. The standard InChI is InChI=1S/C26H29N3O5S/c27-23(30)15-28-26(34)21(11-13-25(32)33)29-24(31)12-8-17-6-9-19(10-7-17)22-14-20(16-35-22)18-4-2-1-3-5-18/h2,4-7,9-10,14,16,21H,1,3,8,11-13,15H2,(H2,27,30)(H,28,34)(H,29,31)(H,32,33)/t21-/m0/s1. The first-order valence-electron chi connectivity index (χ1n) is 11.4. The lowest BCUT2D eigenvalue weighted by Crippen LogP contribution is -2.48. The minimum absolute atomic E-state index is 0.0874. The maximum atomic E-state index is 12.4.